The molecular formula is C10H11N3. The third-order valence-corrected chi connectivity index (χ3v) is 2.36. The van der Waals surface area contributed by atoms with Gasteiger partial charge in [0.15, 0.2) is 0 Å². The Kier molecular flexibility index (Phi) is 1.87. The molecule has 0 aliphatic carbocycles. The molecule has 0 amide bonds. The van der Waals surface area contributed by atoms with E-state index in [0.717, 1.165) is 12.1 Å². The van der Waals surface area contributed by atoms with Gasteiger partial charge in [-0.05, 0) is 11.6 Å². The molecule has 0 spiro atoms. The first-order chi connectivity index (χ1) is 6.31. The van der Waals surface area contributed by atoms with Crippen molar-refractivity contribution < 1.29 is 4.79 Å². The lowest BCUT2D eigenvalue weighted by Crippen LogP contribution is -2.32. The highest BCUT2D eigenvalue weighted by atomic mass is 15.1. The predicted molar refractivity (Wildman–Crippen MR) is 52.0 cm³/mol. The highest BCUT2D eigenvalue weighted by Gasteiger charge is 2.22. The number of fused-ring (bicyclic) bond motifs is 1. The molecule has 0 fully saturated rings. The summed E-state index contributed by atoms with van der Waals surface area (Å²) in [7, 11) is 2.00. The van der Waals surface area contributed by atoms with Crippen LogP contribution < -0.4 is 4.90 Å². The average molecular weight is 173 g/mol. The maximum Gasteiger partial charge on any atom is 0.292 e. The van der Waals surface area contributed by atoms with Crippen LogP contribution in [0.15, 0.2) is 24.3 Å². The molecule has 1 aromatic rings. The van der Waals surface area contributed by atoms with Crippen LogP contribution in [0.5, 0.6) is 0 Å². The molecule has 1 aliphatic rings. The normalized spacial score (nSPS) is 15.2. The number of hydrogen-bond acceptors (Lipinski definition) is 1. The Morgan fingerprint density at radius 1 is 1.38 bits per heavy atom. The van der Waals surface area contributed by atoms with Crippen LogP contribution in [-0.4, -0.2) is 24.1 Å². The van der Waals surface area contributed by atoms with E-state index >= 15 is 0 Å². The zero-order chi connectivity index (χ0) is 9.26. The van der Waals surface area contributed by atoms with Gasteiger partial charge in [-0.2, -0.15) is 4.79 Å². The van der Waals surface area contributed by atoms with Gasteiger partial charge in [-0.1, -0.05) is 18.2 Å². The van der Waals surface area contributed by atoms with Gasteiger partial charge in [-0.15, -0.1) is 0 Å². The first kappa shape index (κ1) is 8.02. The minimum Gasteiger partial charge on any atom is -0.363 e. The third-order valence-electron chi connectivity index (χ3n) is 2.36. The molecule has 2 rings (SSSR count). The summed E-state index contributed by atoms with van der Waals surface area (Å²) in [6, 6.07) is 8.18. The Hall–Kier alpha value is -1.60. The largest absolute Gasteiger partial charge is 0.363 e. The van der Waals surface area contributed by atoms with Gasteiger partial charge in [0.2, 0.25) is 0 Å². The van der Waals surface area contributed by atoms with Crippen LogP contribution in [0, 0.1) is 0 Å². The van der Waals surface area contributed by atoms with Crippen molar-refractivity contribution in [3.05, 3.63) is 35.4 Å². The van der Waals surface area contributed by atoms with Gasteiger partial charge in [0, 0.05) is 12.7 Å². The van der Waals surface area contributed by atoms with Gasteiger partial charge in [0.1, 0.15) is 6.54 Å². The first-order valence-electron chi connectivity index (χ1n) is 4.30. The fraction of sp³-hybridized carbons (Fsp3) is 0.300. The number of hydrogen-bond donors (Lipinski definition) is 0. The van der Waals surface area contributed by atoms with Crippen molar-refractivity contribution in [1.29, 1.82) is 0 Å². The van der Waals surface area contributed by atoms with Gasteiger partial charge < -0.3 is 10.4 Å². The molecule has 0 radical (unpaired) electrons. The fourth-order valence-electron chi connectivity index (χ4n) is 1.73. The SMILES string of the molecule is CN1CC(=[N+]=[N-])Cc2ccccc21. The minimum absolute atomic E-state index is 0.716. The van der Waals surface area contributed by atoms with Crippen LogP contribution in [0.1, 0.15) is 5.56 Å². The molecule has 0 unspecified atom stereocenters. The van der Waals surface area contributed by atoms with Crippen molar-refractivity contribution in [3.63, 3.8) is 0 Å². The van der Waals surface area contributed by atoms with Crippen molar-refractivity contribution in [1.82, 2.24) is 0 Å². The summed E-state index contributed by atoms with van der Waals surface area (Å²) in [6.45, 7) is 0.716. The predicted octanol–water partition coefficient (Wildman–Crippen LogP) is 1.35. The fourth-order valence-corrected chi connectivity index (χ4v) is 1.73. The topological polar surface area (TPSA) is 39.6 Å². The Morgan fingerprint density at radius 2 is 2.15 bits per heavy atom. The van der Waals surface area contributed by atoms with Gasteiger partial charge in [-0.25, -0.2) is 0 Å². The lowest BCUT2D eigenvalue weighted by molar-refractivity contribution is -0.00938. The van der Waals surface area contributed by atoms with E-state index in [1.807, 2.05) is 19.2 Å². The van der Waals surface area contributed by atoms with E-state index in [-0.39, 0.29) is 0 Å². The Bertz CT molecular complexity index is 378. The van der Waals surface area contributed by atoms with E-state index in [2.05, 4.69) is 21.8 Å². The second kappa shape index (κ2) is 3.04. The number of nitrogens with zero attached hydrogens (tertiary/aromatic N) is 3. The van der Waals surface area contributed by atoms with Crippen molar-refractivity contribution >= 4 is 11.4 Å². The van der Waals surface area contributed by atoms with Crippen molar-refractivity contribution in [3.8, 4) is 0 Å². The monoisotopic (exact) mass is 173 g/mol. The third kappa shape index (κ3) is 1.34. The van der Waals surface area contributed by atoms with Gasteiger partial charge in [-0.3, -0.25) is 0 Å². The highest BCUT2D eigenvalue weighted by molar-refractivity contribution is 5.90. The standard InChI is InChI=1S/C10H11N3/c1-13-7-9(12-11)6-8-4-2-3-5-10(8)13/h2-5H,6-7H2,1H3. The van der Waals surface area contributed by atoms with Crippen LogP contribution in [0.2, 0.25) is 0 Å². The lowest BCUT2D eigenvalue weighted by Gasteiger charge is -2.24. The van der Waals surface area contributed by atoms with Gasteiger partial charge in [0.05, 0.1) is 6.42 Å². The highest BCUT2D eigenvalue weighted by Crippen LogP contribution is 2.23. The summed E-state index contributed by atoms with van der Waals surface area (Å²) < 4.78 is 0. The molecule has 0 atom stereocenters. The van der Waals surface area contributed by atoms with Crippen LogP contribution in [0.25, 0.3) is 5.53 Å². The van der Waals surface area contributed by atoms with Crippen molar-refractivity contribution in [2.75, 3.05) is 18.5 Å². The van der Waals surface area contributed by atoms with Crippen LogP contribution in [0.3, 0.4) is 0 Å². The lowest BCUT2D eigenvalue weighted by atomic mass is 10.0. The van der Waals surface area contributed by atoms with Crippen molar-refractivity contribution in [2.24, 2.45) is 0 Å². The molecule has 13 heavy (non-hydrogen) atoms. The summed E-state index contributed by atoms with van der Waals surface area (Å²) in [4.78, 5) is 5.36. The molecule has 3 heteroatoms. The molecular weight excluding hydrogens is 162 g/mol. The Morgan fingerprint density at radius 3 is 2.92 bits per heavy atom. The number of para-hydroxylation sites is 1. The van der Waals surface area contributed by atoms with Gasteiger partial charge >= 0.3 is 0 Å². The van der Waals surface area contributed by atoms with E-state index in [1.165, 1.54) is 11.3 Å². The molecule has 1 aromatic carbocycles. The zero-order valence-corrected chi connectivity index (χ0v) is 7.57. The maximum atomic E-state index is 8.70. The smallest absolute Gasteiger partial charge is 0.292 e. The summed E-state index contributed by atoms with van der Waals surface area (Å²) in [6.07, 6.45) is 0.761. The summed E-state index contributed by atoms with van der Waals surface area (Å²) >= 11 is 0. The molecule has 0 saturated carbocycles. The second-order valence-electron chi connectivity index (χ2n) is 3.33. The maximum absolute atomic E-state index is 8.70. The Labute approximate surface area is 77.2 Å². The van der Waals surface area contributed by atoms with E-state index in [9.17, 15) is 0 Å². The van der Waals surface area contributed by atoms with Crippen LogP contribution in [0.4, 0.5) is 5.69 Å². The van der Waals surface area contributed by atoms with E-state index in [1.54, 1.807) is 0 Å². The molecule has 1 aliphatic heterocycles. The average Bonchev–Trinajstić information content (AvgIpc) is 2.18. The van der Waals surface area contributed by atoms with Gasteiger partial charge in [0.25, 0.3) is 5.71 Å². The van der Waals surface area contributed by atoms with E-state index in [4.69, 9.17) is 5.53 Å². The summed E-state index contributed by atoms with van der Waals surface area (Å²) in [5, 5.41) is 0. The molecule has 0 saturated heterocycles. The van der Waals surface area contributed by atoms with Crippen molar-refractivity contribution in [2.45, 2.75) is 6.42 Å². The van der Waals surface area contributed by atoms with E-state index < -0.39 is 0 Å². The Balaban J connectivity index is 2.48. The molecule has 3 nitrogen and oxygen atoms in total. The number of anilines is 1. The quantitative estimate of drug-likeness (QED) is 0.431. The molecule has 0 N–H and O–H groups in total. The minimum atomic E-state index is 0.716. The second-order valence-corrected chi connectivity index (χ2v) is 3.33. The molecule has 1 heterocycles. The number of benzene rings is 1. The molecule has 0 aromatic heterocycles. The first-order valence-corrected chi connectivity index (χ1v) is 4.30. The van der Waals surface area contributed by atoms with Crippen LogP contribution >= 0.6 is 0 Å². The number of rotatable bonds is 0. The zero-order valence-electron chi connectivity index (χ0n) is 7.57. The summed E-state index contributed by atoms with van der Waals surface area (Å²) in [5.41, 5.74) is 12.0. The van der Waals surface area contributed by atoms with Crippen LogP contribution in [-0.2, 0) is 6.42 Å². The summed E-state index contributed by atoms with van der Waals surface area (Å²) in [5.74, 6) is 0. The van der Waals surface area contributed by atoms with E-state index in [0.29, 0.717) is 6.54 Å². The molecule has 66 valence electrons. The molecule has 0 bridgehead atoms.